The van der Waals surface area contributed by atoms with Crippen LogP contribution in [0.4, 0.5) is 0 Å². The summed E-state index contributed by atoms with van der Waals surface area (Å²) in [5.41, 5.74) is 2.25. The van der Waals surface area contributed by atoms with Crippen LogP contribution >= 0.6 is 0 Å². The summed E-state index contributed by atoms with van der Waals surface area (Å²) in [5, 5.41) is 7.49. The molecule has 1 aromatic heterocycles. The maximum atomic E-state index is 5.63. The van der Waals surface area contributed by atoms with Gasteiger partial charge in [0.05, 0.1) is 19.8 Å². The molecule has 6 nitrogen and oxygen atoms in total. The molecular formula is C21H25N3O3. The van der Waals surface area contributed by atoms with Crippen molar-refractivity contribution < 1.29 is 14.0 Å². The quantitative estimate of drug-likeness (QED) is 0.618. The number of rotatable bonds is 9. The minimum atomic E-state index is -0.0559. The van der Waals surface area contributed by atoms with Crippen LogP contribution in [0.3, 0.4) is 0 Å². The molecule has 0 spiro atoms. The van der Waals surface area contributed by atoms with E-state index in [1.54, 1.807) is 7.11 Å². The molecule has 3 aromatic rings. The van der Waals surface area contributed by atoms with Crippen molar-refractivity contribution in [3.8, 4) is 11.5 Å². The molecule has 2 aromatic carbocycles. The number of aromatic nitrogens is 2. The highest BCUT2D eigenvalue weighted by atomic mass is 16.5. The van der Waals surface area contributed by atoms with Crippen LogP contribution in [-0.4, -0.2) is 23.9 Å². The van der Waals surface area contributed by atoms with E-state index in [1.807, 2.05) is 50.2 Å². The minimum Gasteiger partial charge on any atom is -0.493 e. The van der Waals surface area contributed by atoms with Gasteiger partial charge in [0.2, 0.25) is 5.89 Å². The number of hydrogen-bond donors (Lipinski definition) is 1. The van der Waals surface area contributed by atoms with Crippen molar-refractivity contribution in [1.82, 2.24) is 15.5 Å². The third kappa shape index (κ3) is 5.08. The molecule has 142 valence electrons. The van der Waals surface area contributed by atoms with Gasteiger partial charge in [0.15, 0.2) is 17.3 Å². The lowest BCUT2D eigenvalue weighted by Crippen LogP contribution is -2.18. The van der Waals surface area contributed by atoms with E-state index in [4.69, 9.17) is 14.0 Å². The average molecular weight is 367 g/mol. The molecule has 1 atom stereocenters. The zero-order valence-corrected chi connectivity index (χ0v) is 15.9. The molecule has 0 radical (unpaired) electrons. The van der Waals surface area contributed by atoms with E-state index in [-0.39, 0.29) is 6.04 Å². The van der Waals surface area contributed by atoms with Gasteiger partial charge in [0.25, 0.3) is 0 Å². The molecule has 27 heavy (non-hydrogen) atoms. The zero-order chi connectivity index (χ0) is 19.1. The lowest BCUT2D eigenvalue weighted by molar-refractivity contribution is 0.310. The smallest absolute Gasteiger partial charge is 0.243 e. The first-order chi connectivity index (χ1) is 13.2. The van der Waals surface area contributed by atoms with Gasteiger partial charge in [-0.05, 0) is 37.1 Å². The minimum absolute atomic E-state index is 0.0559. The molecule has 0 amide bonds. The Morgan fingerprint density at radius 3 is 2.63 bits per heavy atom. The van der Waals surface area contributed by atoms with Gasteiger partial charge >= 0.3 is 0 Å². The highest BCUT2D eigenvalue weighted by molar-refractivity contribution is 5.43. The molecule has 0 aliphatic carbocycles. The number of nitrogens with zero attached hydrogens (tertiary/aromatic N) is 2. The van der Waals surface area contributed by atoms with Gasteiger partial charge in [-0.2, -0.15) is 4.98 Å². The van der Waals surface area contributed by atoms with E-state index in [9.17, 15) is 0 Å². The Morgan fingerprint density at radius 2 is 1.89 bits per heavy atom. The van der Waals surface area contributed by atoms with Gasteiger partial charge < -0.3 is 19.3 Å². The van der Waals surface area contributed by atoms with Gasteiger partial charge in [-0.1, -0.05) is 41.6 Å². The maximum Gasteiger partial charge on any atom is 0.243 e. The first kappa shape index (κ1) is 18.9. The first-order valence-electron chi connectivity index (χ1n) is 9.09. The molecule has 0 saturated heterocycles. The van der Waals surface area contributed by atoms with Crippen molar-refractivity contribution in [1.29, 1.82) is 0 Å². The second-order valence-electron chi connectivity index (χ2n) is 6.23. The van der Waals surface area contributed by atoms with Crippen molar-refractivity contribution in [2.75, 3.05) is 13.7 Å². The summed E-state index contributed by atoms with van der Waals surface area (Å²) in [5.74, 6) is 2.75. The van der Waals surface area contributed by atoms with Gasteiger partial charge in [-0.3, -0.25) is 0 Å². The fourth-order valence-electron chi connectivity index (χ4n) is 2.75. The molecule has 1 N–H and O–H groups in total. The van der Waals surface area contributed by atoms with Gasteiger partial charge in [-0.15, -0.1) is 0 Å². The average Bonchev–Trinajstić information content (AvgIpc) is 3.16. The standard InChI is InChI=1S/C21H25N3O3/c1-4-26-19-12-17(10-11-18(19)25-3)14-22-15(2)21-23-20(24-27-21)13-16-8-6-5-7-9-16/h5-12,15,22H,4,13-14H2,1-3H3. The normalized spacial score (nSPS) is 12.0. The predicted octanol–water partition coefficient (Wildman–Crippen LogP) is 3.92. The van der Waals surface area contributed by atoms with E-state index >= 15 is 0 Å². The fraction of sp³-hybridized carbons (Fsp3) is 0.333. The molecule has 1 heterocycles. The number of hydrogen-bond acceptors (Lipinski definition) is 6. The van der Waals surface area contributed by atoms with Gasteiger partial charge in [0, 0.05) is 13.0 Å². The van der Waals surface area contributed by atoms with Crippen LogP contribution in [0.25, 0.3) is 0 Å². The van der Waals surface area contributed by atoms with E-state index in [0.717, 1.165) is 22.6 Å². The molecular weight excluding hydrogens is 342 g/mol. The lowest BCUT2D eigenvalue weighted by Gasteiger charge is -2.13. The van der Waals surface area contributed by atoms with Crippen LogP contribution in [0.2, 0.25) is 0 Å². The Balaban J connectivity index is 1.59. The first-order valence-corrected chi connectivity index (χ1v) is 9.09. The highest BCUT2D eigenvalue weighted by Crippen LogP contribution is 2.28. The molecule has 0 bridgehead atoms. The summed E-state index contributed by atoms with van der Waals surface area (Å²) in [6, 6.07) is 16.0. The number of benzene rings is 2. The number of methoxy groups -OCH3 is 1. The summed E-state index contributed by atoms with van der Waals surface area (Å²) in [7, 11) is 1.64. The van der Waals surface area contributed by atoms with Crippen molar-refractivity contribution in [2.24, 2.45) is 0 Å². The summed E-state index contributed by atoms with van der Waals surface area (Å²) < 4.78 is 16.4. The Hall–Kier alpha value is -2.86. The SMILES string of the molecule is CCOc1cc(CNC(C)c2nc(Cc3ccccc3)no2)ccc1OC. The highest BCUT2D eigenvalue weighted by Gasteiger charge is 2.14. The summed E-state index contributed by atoms with van der Waals surface area (Å²) >= 11 is 0. The molecule has 1 unspecified atom stereocenters. The number of ether oxygens (including phenoxy) is 2. The van der Waals surface area contributed by atoms with Gasteiger partial charge in [0.1, 0.15) is 0 Å². The third-order valence-electron chi connectivity index (χ3n) is 4.20. The molecule has 0 aliphatic heterocycles. The predicted molar refractivity (Wildman–Crippen MR) is 103 cm³/mol. The third-order valence-corrected chi connectivity index (χ3v) is 4.20. The fourth-order valence-corrected chi connectivity index (χ4v) is 2.75. The largest absolute Gasteiger partial charge is 0.493 e. The zero-order valence-electron chi connectivity index (χ0n) is 15.9. The molecule has 0 saturated carbocycles. The van der Waals surface area contributed by atoms with Crippen molar-refractivity contribution in [3.63, 3.8) is 0 Å². The van der Waals surface area contributed by atoms with E-state index < -0.39 is 0 Å². The summed E-state index contributed by atoms with van der Waals surface area (Å²) in [6.07, 6.45) is 0.660. The molecule has 0 aliphatic rings. The Labute approximate surface area is 159 Å². The Bertz CT molecular complexity index is 849. The monoisotopic (exact) mass is 367 g/mol. The van der Waals surface area contributed by atoms with Crippen molar-refractivity contribution in [2.45, 2.75) is 32.9 Å². The Kier molecular flexibility index (Phi) is 6.44. The summed E-state index contributed by atoms with van der Waals surface area (Å²) in [4.78, 5) is 4.51. The van der Waals surface area contributed by atoms with Gasteiger partial charge in [-0.25, -0.2) is 0 Å². The van der Waals surface area contributed by atoms with Crippen LogP contribution in [0.15, 0.2) is 53.1 Å². The van der Waals surface area contributed by atoms with E-state index in [0.29, 0.717) is 31.3 Å². The van der Waals surface area contributed by atoms with Crippen molar-refractivity contribution in [3.05, 3.63) is 71.4 Å². The second-order valence-corrected chi connectivity index (χ2v) is 6.23. The van der Waals surface area contributed by atoms with Crippen LogP contribution in [0, 0.1) is 0 Å². The number of nitrogens with one attached hydrogen (secondary N) is 1. The lowest BCUT2D eigenvalue weighted by atomic mass is 10.1. The van der Waals surface area contributed by atoms with Crippen LogP contribution in [0.5, 0.6) is 11.5 Å². The molecule has 0 fully saturated rings. The molecule has 3 rings (SSSR count). The van der Waals surface area contributed by atoms with E-state index in [2.05, 4.69) is 27.6 Å². The van der Waals surface area contributed by atoms with Crippen molar-refractivity contribution >= 4 is 0 Å². The van der Waals surface area contributed by atoms with Crippen LogP contribution < -0.4 is 14.8 Å². The Morgan fingerprint density at radius 1 is 1.07 bits per heavy atom. The van der Waals surface area contributed by atoms with Crippen LogP contribution in [0.1, 0.15) is 42.7 Å². The molecule has 6 heteroatoms. The van der Waals surface area contributed by atoms with Crippen LogP contribution in [-0.2, 0) is 13.0 Å². The topological polar surface area (TPSA) is 69.4 Å². The second kappa shape index (κ2) is 9.19. The summed E-state index contributed by atoms with van der Waals surface area (Å²) in [6.45, 7) is 5.21. The maximum absolute atomic E-state index is 5.63. The van der Waals surface area contributed by atoms with E-state index in [1.165, 1.54) is 0 Å².